The zero-order valence-corrected chi connectivity index (χ0v) is 11.7. The van der Waals surface area contributed by atoms with Gasteiger partial charge in [-0.1, -0.05) is 6.42 Å². The second-order valence-corrected chi connectivity index (χ2v) is 5.89. The Bertz CT molecular complexity index is 708. The fraction of sp³-hybridized carbons (Fsp3) is 0.412. The molecule has 0 amide bonds. The number of fused-ring (bicyclic) bond motifs is 2. The zero-order valence-electron chi connectivity index (χ0n) is 11.7. The largest absolute Gasteiger partial charge is 0.489 e. The van der Waals surface area contributed by atoms with Crippen LogP contribution in [0.3, 0.4) is 0 Å². The van der Waals surface area contributed by atoms with E-state index < -0.39 is 0 Å². The molecule has 4 nitrogen and oxygen atoms in total. The summed E-state index contributed by atoms with van der Waals surface area (Å²) < 4.78 is 11.6. The van der Waals surface area contributed by atoms with Gasteiger partial charge in [0.05, 0.1) is 5.56 Å². The summed E-state index contributed by atoms with van der Waals surface area (Å²) in [5.74, 6) is 1.70. The van der Waals surface area contributed by atoms with Gasteiger partial charge >= 0.3 is 5.63 Å². The van der Waals surface area contributed by atoms with E-state index in [1.165, 1.54) is 12.8 Å². The van der Waals surface area contributed by atoms with Crippen LogP contribution in [0.2, 0.25) is 0 Å². The maximum Gasteiger partial charge on any atom is 0.343 e. The first-order valence-electron chi connectivity index (χ1n) is 7.55. The predicted molar refractivity (Wildman–Crippen MR) is 78.3 cm³/mol. The summed E-state index contributed by atoms with van der Waals surface area (Å²) >= 11 is 0. The molecule has 21 heavy (non-hydrogen) atoms. The number of hydrogen-bond acceptors (Lipinski definition) is 4. The summed E-state index contributed by atoms with van der Waals surface area (Å²) in [6, 6.07) is 5.55. The third kappa shape index (κ3) is 2.24. The number of nitrogens with zero attached hydrogens (tertiary/aromatic N) is 1. The Kier molecular flexibility index (Phi) is 3.02. The Balaban J connectivity index is 1.76. The van der Waals surface area contributed by atoms with Crippen LogP contribution >= 0.6 is 0 Å². The third-order valence-corrected chi connectivity index (χ3v) is 4.54. The topological polar surface area (TPSA) is 52.3 Å². The molecule has 1 saturated carbocycles. The van der Waals surface area contributed by atoms with E-state index in [-0.39, 0.29) is 11.7 Å². The van der Waals surface area contributed by atoms with Gasteiger partial charge in [-0.05, 0) is 37.8 Å². The lowest BCUT2D eigenvalue weighted by Crippen LogP contribution is -2.37. The van der Waals surface area contributed by atoms with Crippen LogP contribution < -0.4 is 10.4 Å². The number of hydrogen-bond donors (Lipinski definition) is 0. The van der Waals surface area contributed by atoms with Crippen LogP contribution in [0.25, 0.3) is 11.3 Å². The molecule has 0 saturated heterocycles. The highest BCUT2D eigenvalue weighted by Gasteiger charge is 2.34. The van der Waals surface area contributed by atoms with E-state index in [4.69, 9.17) is 9.15 Å². The summed E-state index contributed by atoms with van der Waals surface area (Å²) in [5, 5.41) is 0. The molecule has 0 aromatic carbocycles. The Labute approximate surface area is 122 Å². The van der Waals surface area contributed by atoms with Crippen molar-refractivity contribution < 1.29 is 9.15 Å². The average Bonchev–Trinajstić information content (AvgIpc) is 2.54. The molecule has 2 aliphatic rings. The molecule has 1 fully saturated rings. The van der Waals surface area contributed by atoms with E-state index in [0.29, 0.717) is 23.0 Å². The third-order valence-electron chi connectivity index (χ3n) is 4.54. The van der Waals surface area contributed by atoms with Gasteiger partial charge in [-0.25, -0.2) is 4.79 Å². The monoisotopic (exact) mass is 283 g/mol. The van der Waals surface area contributed by atoms with Gasteiger partial charge in [-0.3, -0.25) is 4.98 Å². The highest BCUT2D eigenvalue weighted by molar-refractivity contribution is 5.58. The molecule has 1 aliphatic heterocycles. The van der Waals surface area contributed by atoms with E-state index in [2.05, 4.69) is 4.98 Å². The Morgan fingerprint density at radius 2 is 2.14 bits per heavy atom. The maximum absolute atomic E-state index is 12.3. The van der Waals surface area contributed by atoms with Crippen molar-refractivity contribution >= 4 is 0 Å². The molecule has 0 bridgehead atoms. The molecule has 4 heteroatoms. The lowest BCUT2D eigenvalue weighted by atomic mass is 9.81. The van der Waals surface area contributed by atoms with Crippen molar-refractivity contribution in [2.75, 3.05) is 0 Å². The van der Waals surface area contributed by atoms with Crippen LogP contribution in [0.1, 0.15) is 31.2 Å². The molecular formula is C17H17NO3. The lowest BCUT2D eigenvalue weighted by Gasteiger charge is -2.36. The molecule has 0 radical (unpaired) electrons. The Morgan fingerprint density at radius 1 is 1.24 bits per heavy atom. The summed E-state index contributed by atoms with van der Waals surface area (Å²) in [7, 11) is 0. The van der Waals surface area contributed by atoms with Crippen LogP contribution in [0, 0.1) is 5.92 Å². The molecule has 108 valence electrons. The van der Waals surface area contributed by atoms with Crippen molar-refractivity contribution in [2.45, 2.75) is 38.2 Å². The van der Waals surface area contributed by atoms with Gasteiger partial charge in [0.15, 0.2) is 0 Å². The number of ether oxygens (including phenoxy) is 1. The first-order valence-corrected chi connectivity index (χ1v) is 7.55. The minimum absolute atomic E-state index is 0.259. The SMILES string of the molecule is O=c1oc(-c2cccnc2)cc2c1CC1CCCCC1O2. The number of aromatic nitrogens is 1. The molecule has 2 unspecified atom stereocenters. The first kappa shape index (κ1) is 12.6. The second kappa shape index (κ2) is 5.02. The molecule has 0 spiro atoms. The highest BCUT2D eigenvalue weighted by atomic mass is 16.5. The van der Waals surface area contributed by atoms with Gasteiger partial charge < -0.3 is 9.15 Å². The van der Waals surface area contributed by atoms with Crippen LogP contribution in [0.4, 0.5) is 0 Å². The van der Waals surface area contributed by atoms with Crippen LogP contribution in [-0.2, 0) is 6.42 Å². The zero-order chi connectivity index (χ0) is 14.2. The van der Waals surface area contributed by atoms with E-state index in [0.717, 1.165) is 24.8 Å². The molecule has 0 N–H and O–H groups in total. The standard InChI is InChI=1S/C17H17NO3/c19-17-13-8-11-4-1-2-6-14(11)20-16(13)9-15(21-17)12-5-3-7-18-10-12/h3,5,7,9-11,14H,1-2,4,6,8H2. The smallest absolute Gasteiger partial charge is 0.343 e. The molecular weight excluding hydrogens is 266 g/mol. The summed E-state index contributed by atoms with van der Waals surface area (Å²) in [6.07, 6.45) is 9.12. The summed E-state index contributed by atoms with van der Waals surface area (Å²) in [4.78, 5) is 16.3. The number of rotatable bonds is 1. The van der Waals surface area contributed by atoms with E-state index in [1.807, 2.05) is 18.2 Å². The minimum Gasteiger partial charge on any atom is -0.489 e. The molecule has 3 heterocycles. The lowest BCUT2D eigenvalue weighted by molar-refractivity contribution is 0.0731. The van der Waals surface area contributed by atoms with E-state index in [9.17, 15) is 4.79 Å². The van der Waals surface area contributed by atoms with Crippen molar-refractivity contribution in [2.24, 2.45) is 5.92 Å². The maximum atomic E-state index is 12.3. The molecule has 2 atom stereocenters. The van der Waals surface area contributed by atoms with Gasteiger partial charge in [-0.2, -0.15) is 0 Å². The van der Waals surface area contributed by atoms with Crippen molar-refractivity contribution in [3.05, 3.63) is 46.6 Å². The fourth-order valence-corrected chi connectivity index (χ4v) is 3.43. The molecule has 4 rings (SSSR count). The summed E-state index contributed by atoms with van der Waals surface area (Å²) in [6.45, 7) is 0. The highest BCUT2D eigenvalue weighted by Crippen LogP contribution is 2.38. The quantitative estimate of drug-likeness (QED) is 0.806. The first-order chi connectivity index (χ1) is 10.3. The van der Waals surface area contributed by atoms with Gasteiger partial charge in [0.2, 0.25) is 0 Å². The average molecular weight is 283 g/mol. The van der Waals surface area contributed by atoms with Crippen molar-refractivity contribution in [1.82, 2.24) is 4.98 Å². The Hall–Kier alpha value is -2.10. The van der Waals surface area contributed by atoms with E-state index >= 15 is 0 Å². The molecule has 1 aliphatic carbocycles. The van der Waals surface area contributed by atoms with Gasteiger partial charge in [0.1, 0.15) is 17.6 Å². The predicted octanol–water partition coefficient (Wildman–Crippen LogP) is 3.20. The van der Waals surface area contributed by atoms with Gasteiger partial charge in [-0.15, -0.1) is 0 Å². The van der Waals surface area contributed by atoms with Gasteiger partial charge in [0, 0.05) is 29.9 Å². The second-order valence-electron chi connectivity index (χ2n) is 5.89. The Morgan fingerprint density at radius 3 is 3.00 bits per heavy atom. The molecule has 2 aromatic heterocycles. The number of pyridine rings is 1. The normalized spacial score (nSPS) is 23.8. The van der Waals surface area contributed by atoms with Crippen molar-refractivity contribution in [1.29, 1.82) is 0 Å². The van der Waals surface area contributed by atoms with Crippen LogP contribution in [0.5, 0.6) is 5.75 Å². The minimum atomic E-state index is -0.268. The van der Waals surface area contributed by atoms with Crippen molar-refractivity contribution in [3.8, 4) is 17.1 Å². The van der Waals surface area contributed by atoms with Crippen LogP contribution in [-0.4, -0.2) is 11.1 Å². The fourth-order valence-electron chi connectivity index (χ4n) is 3.43. The van der Waals surface area contributed by atoms with Crippen molar-refractivity contribution in [3.63, 3.8) is 0 Å². The summed E-state index contributed by atoms with van der Waals surface area (Å²) in [5.41, 5.74) is 1.23. The van der Waals surface area contributed by atoms with Crippen LogP contribution in [0.15, 0.2) is 39.8 Å². The van der Waals surface area contributed by atoms with E-state index in [1.54, 1.807) is 12.4 Å². The molecule has 2 aromatic rings. The van der Waals surface area contributed by atoms with Gasteiger partial charge in [0.25, 0.3) is 0 Å².